The first-order chi connectivity index (χ1) is 15.7. The lowest BCUT2D eigenvalue weighted by Gasteiger charge is -2.70. The minimum Gasteiger partial charge on any atom is -0.484 e. The van der Waals surface area contributed by atoms with E-state index in [1.807, 2.05) is 13.0 Å². The molecule has 10 heteroatoms. The largest absolute Gasteiger partial charge is 0.484 e. The Morgan fingerprint density at radius 2 is 1.61 bits per heavy atom. The van der Waals surface area contributed by atoms with E-state index in [2.05, 4.69) is 15.8 Å². The topological polar surface area (TPSA) is 103 Å². The molecule has 2 N–H and O–H groups in total. The monoisotopic (exact) mass is 473 g/mol. The van der Waals surface area contributed by atoms with Crippen LogP contribution >= 0.6 is 11.6 Å². The second-order valence-electron chi connectivity index (χ2n) is 8.77. The average Bonchev–Trinajstić information content (AvgIpc) is 3.11. The van der Waals surface area contributed by atoms with Crippen molar-refractivity contribution in [3.8, 4) is 11.5 Å². The van der Waals surface area contributed by atoms with Crippen LogP contribution in [-0.2, 0) is 9.59 Å². The highest BCUT2D eigenvalue weighted by atomic mass is 35.5. The third-order valence-corrected chi connectivity index (χ3v) is 6.40. The molecule has 1 aromatic heterocycles. The zero-order valence-electron chi connectivity index (χ0n) is 17.7. The summed E-state index contributed by atoms with van der Waals surface area (Å²) in [5.41, 5.74) is 0.770. The summed E-state index contributed by atoms with van der Waals surface area (Å²) in [7, 11) is 0. The average molecular weight is 474 g/mol. The third-order valence-electron chi connectivity index (χ3n) is 6.09. The smallest absolute Gasteiger partial charge is 0.258 e. The maximum atomic E-state index is 13.4. The standard InChI is InChI=1S/C23H21ClFN3O5/c1-13-16-4-2-15(7-19(16)33-28-13)32-9-21(30)27-23-10-22(11-23,12-23)26-20(29)8-31-14-3-5-17(24)18(25)6-14/h2-7H,8-12H2,1H3,(H,26,29)(H,27,30). The van der Waals surface area contributed by atoms with Crippen LogP contribution in [0.25, 0.3) is 11.0 Å². The molecule has 0 atom stereocenters. The van der Waals surface area contributed by atoms with Crippen LogP contribution in [0.15, 0.2) is 40.9 Å². The van der Waals surface area contributed by atoms with Crippen molar-refractivity contribution in [2.24, 2.45) is 0 Å². The van der Waals surface area contributed by atoms with E-state index in [0.717, 1.165) is 17.1 Å². The van der Waals surface area contributed by atoms with Crippen LogP contribution in [0.4, 0.5) is 4.39 Å². The highest BCUT2D eigenvalue weighted by Gasteiger charge is 2.69. The number of ether oxygens (including phenoxy) is 2. The molecule has 172 valence electrons. The summed E-state index contributed by atoms with van der Waals surface area (Å²) >= 11 is 5.63. The Morgan fingerprint density at radius 3 is 2.21 bits per heavy atom. The number of rotatable bonds is 8. The van der Waals surface area contributed by atoms with E-state index in [-0.39, 0.29) is 46.9 Å². The van der Waals surface area contributed by atoms with Gasteiger partial charge in [0.15, 0.2) is 18.8 Å². The summed E-state index contributed by atoms with van der Waals surface area (Å²) in [6.45, 7) is 1.50. The molecule has 2 bridgehead atoms. The normalized spacial score (nSPS) is 22.8. The summed E-state index contributed by atoms with van der Waals surface area (Å²) in [5.74, 6) is -0.381. The van der Waals surface area contributed by atoms with Gasteiger partial charge in [-0.05, 0) is 50.5 Å². The summed E-state index contributed by atoms with van der Waals surface area (Å²) in [5, 5.41) is 10.7. The summed E-state index contributed by atoms with van der Waals surface area (Å²) < 4.78 is 29.5. The van der Waals surface area contributed by atoms with Gasteiger partial charge >= 0.3 is 0 Å². The number of fused-ring (bicyclic) bond motifs is 1. The maximum Gasteiger partial charge on any atom is 0.258 e. The van der Waals surface area contributed by atoms with Crippen LogP contribution in [0, 0.1) is 12.7 Å². The Morgan fingerprint density at radius 1 is 1.03 bits per heavy atom. The number of hydrogen-bond acceptors (Lipinski definition) is 6. The lowest BCUT2D eigenvalue weighted by molar-refractivity contribution is -0.151. The van der Waals surface area contributed by atoms with Gasteiger partial charge in [0.25, 0.3) is 11.8 Å². The number of carbonyl (C=O) groups is 2. The Bertz CT molecular complexity index is 1240. The van der Waals surface area contributed by atoms with Gasteiger partial charge in [-0.1, -0.05) is 16.8 Å². The molecule has 0 saturated heterocycles. The molecule has 33 heavy (non-hydrogen) atoms. The molecule has 3 aromatic rings. The molecule has 2 aromatic carbocycles. The second-order valence-corrected chi connectivity index (χ2v) is 9.17. The van der Waals surface area contributed by atoms with Gasteiger partial charge in [0, 0.05) is 28.6 Å². The van der Waals surface area contributed by atoms with Crippen LogP contribution in [0.3, 0.4) is 0 Å². The number of benzene rings is 2. The predicted molar refractivity (Wildman–Crippen MR) is 117 cm³/mol. The molecule has 0 unspecified atom stereocenters. The van der Waals surface area contributed by atoms with Gasteiger partial charge < -0.3 is 24.6 Å². The van der Waals surface area contributed by atoms with E-state index >= 15 is 0 Å². The fourth-order valence-electron chi connectivity index (χ4n) is 4.71. The number of halogens is 2. The predicted octanol–water partition coefficient (Wildman–Crippen LogP) is 3.29. The molecule has 3 fully saturated rings. The minimum absolute atomic E-state index is 0.00982. The number of nitrogens with one attached hydrogen (secondary N) is 2. The molecule has 8 nitrogen and oxygen atoms in total. The van der Waals surface area contributed by atoms with Gasteiger partial charge in [0.2, 0.25) is 0 Å². The van der Waals surface area contributed by atoms with Gasteiger partial charge in [0.1, 0.15) is 17.3 Å². The summed E-state index contributed by atoms with van der Waals surface area (Å²) in [4.78, 5) is 24.5. The van der Waals surface area contributed by atoms with Crippen molar-refractivity contribution in [2.45, 2.75) is 37.3 Å². The van der Waals surface area contributed by atoms with Crippen molar-refractivity contribution in [1.82, 2.24) is 15.8 Å². The van der Waals surface area contributed by atoms with Crippen molar-refractivity contribution in [3.63, 3.8) is 0 Å². The van der Waals surface area contributed by atoms with Crippen molar-refractivity contribution in [1.29, 1.82) is 0 Å². The van der Waals surface area contributed by atoms with Crippen LogP contribution in [0.2, 0.25) is 5.02 Å². The number of carbonyl (C=O) groups excluding carboxylic acids is 2. The van der Waals surface area contributed by atoms with E-state index in [1.165, 1.54) is 12.1 Å². The van der Waals surface area contributed by atoms with Gasteiger partial charge in [-0.25, -0.2) is 4.39 Å². The number of aromatic nitrogens is 1. The Hall–Kier alpha value is -3.33. The van der Waals surface area contributed by atoms with E-state index in [0.29, 0.717) is 30.6 Å². The van der Waals surface area contributed by atoms with Crippen molar-refractivity contribution in [3.05, 3.63) is 52.9 Å². The Kier molecular flexibility index (Phi) is 5.16. The Labute approximate surface area is 193 Å². The first-order valence-electron chi connectivity index (χ1n) is 10.4. The first kappa shape index (κ1) is 21.5. The summed E-state index contributed by atoms with van der Waals surface area (Å²) in [6.07, 6.45) is 1.95. The minimum atomic E-state index is -0.607. The molecule has 3 saturated carbocycles. The highest BCUT2D eigenvalue weighted by Crippen LogP contribution is 2.60. The van der Waals surface area contributed by atoms with Crippen LogP contribution < -0.4 is 20.1 Å². The highest BCUT2D eigenvalue weighted by molar-refractivity contribution is 6.30. The SMILES string of the molecule is Cc1noc2cc(OCC(=O)NC34CC(NC(=O)COc5ccc(Cl)c(F)c5)(C3)C4)ccc12. The molecule has 3 aliphatic rings. The van der Waals surface area contributed by atoms with Gasteiger partial charge in [-0.2, -0.15) is 0 Å². The molecular weight excluding hydrogens is 453 g/mol. The lowest BCUT2D eigenvalue weighted by atomic mass is 9.44. The van der Waals surface area contributed by atoms with E-state index < -0.39 is 5.82 Å². The lowest BCUT2D eigenvalue weighted by Crippen LogP contribution is -2.84. The van der Waals surface area contributed by atoms with Gasteiger partial charge in [-0.15, -0.1) is 0 Å². The maximum absolute atomic E-state index is 13.4. The van der Waals surface area contributed by atoms with E-state index in [4.69, 9.17) is 25.6 Å². The molecular formula is C23H21ClFN3O5. The molecule has 1 heterocycles. The van der Waals surface area contributed by atoms with Gasteiger partial charge in [0.05, 0.1) is 10.7 Å². The zero-order chi connectivity index (χ0) is 23.2. The third kappa shape index (κ3) is 4.20. The molecule has 6 rings (SSSR count). The number of amides is 2. The van der Waals surface area contributed by atoms with Crippen molar-refractivity contribution < 1.29 is 28.0 Å². The van der Waals surface area contributed by atoms with Crippen LogP contribution in [0.5, 0.6) is 11.5 Å². The number of nitrogens with zero attached hydrogens (tertiary/aromatic N) is 1. The van der Waals surface area contributed by atoms with E-state index in [1.54, 1.807) is 12.1 Å². The van der Waals surface area contributed by atoms with Crippen LogP contribution in [0.1, 0.15) is 25.0 Å². The van der Waals surface area contributed by atoms with Gasteiger partial charge in [-0.3, -0.25) is 9.59 Å². The molecule has 2 amide bonds. The fraction of sp³-hybridized carbons (Fsp3) is 0.348. The molecule has 0 spiro atoms. The zero-order valence-corrected chi connectivity index (χ0v) is 18.5. The van der Waals surface area contributed by atoms with E-state index in [9.17, 15) is 14.0 Å². The van der Waals surface area contributed by atoms with Crippen molar-refractivity contribution in [2.75, 3.05) is 13.2 Å². The number of hydrogen-bond donors (Lipinski definition) is 2. The number of aryl methyl sites for hydroxylation is 1. The molecule has 0 radical (unpaired) electrons. The fourth-order valence-corrected chi connectivity index (χ4v) is 4.83. The summed E-state index contributed by atoms with van der Waals surface area (Å²) in [6, 6.07) is 9.31. The first-order valence-corrected chi connectivity index (χ1v) is 10.8. The Balaban J connectivity index is 1.04. The van der Waals surface area contributed by atoms with Crippen LogP contribution in [-0.4, -0.2) is 41.3 Å². The molecule has 3 aliphatic carbocycles. The quantitative estimate of drug-likeness (QED) is 0.520. The van der Waals surface area contributed by atoms with Crippen molar-refractivity contribution >= 4 is 34.4 Å². The second kappa shape index (κ2) is 7.91. The molecule has 0 aliphatic heterocycles.